The zero-order valence-corrected chi connectivity index (χ0v) is 13.6. The van der Waals surface area contributed by atoms with Gasteiger partial charge in [-0.05, 0) is 46.6 Å². The van der Waals surface area contributed by atoms with Crippen LogP contribution in [0.1, 0.15) is 57.8 Å². The molecular weight excluding hydrogens is 268 g/mol. The van der Waals surface area contributed by atoms with Gasteiger partial charge in [-0.2, -0.15) is 0 Å². The van der Waals surface area contributed by atoms with Gasteiger partial charge in [0.05, 0.1) is 12.2 Å². The summed E-state index contributed by atoms with van der Waals surface area (Å²) in [7, 11) is 0. The molecule has 0 fully saturated rings. The summed E-state index contributed by atoms with van der Waals surface area (Å²) in [5, 5.41) is 0. The Balaban J connectivity index is 2.69. The van der Waals surface area contributed by atoms with Crippen LogP contribution in [0.2, 0.25) is 0 Å². The number of aryl methyl sites for hydroxylation is 1. The van der Waals surface area contributed by atoms with Crippen LogP contribution in [-0.4, -0.2) is 18.2 Å². The van der Waals surface area contributed by atoms with Crippen molar-refractivity contribution >= 4 is 5.97 Å². The molecule has 0 N–H and O–H groups in total. The fourth-order valence-corrected chi connectivity index (χ4v) is 1.74. The fourth-order valence-electron chi connectivity index (χ4n) is 1.74. The summed E-state index contributed by atoms with van der Waals surface area (Å²) in [6.07, 6.45) is 0.548. The van der Waals surface area contributed by atoms with Crippen LogP contribution >= 0.6 is 0 Å². The SMILES string of the molecule is CCOC(=O)CCC(OOC(C)(C)C)c1ccc(C)cc1. The lowest BCUT2D eigenvalue weighted by molar-refractivity contribution is -0.376. The van der Waals surface area contributed by atoms with Gasteiger partial charge in [0.2, 0.25) is 0 Å². The molecule has 4 nitrogen and oxygen atoms in total. The van der Waals surface area contributed by atoms with E-state index in [1.807, 2.05) is 52.0 Å². The van der Waals surface area contributed by atoms with E-state index in [9.17, 15) is 4.79 Å². The maximum Gasteiger partial charge on any atom is 0.305 e. The van der Waals surface area contributed by atoms with Gasteiger partial charge in [0.15, 0.2) is 0 Å². The predicted molar refractivity (Wildman–Crippen MR) is 81.7 cm³/mol. The van der Waals surface area contributed by atoms with Crippen molar-refractivity contribution in [3.63, 3.8) is 0 Å². The van der Waals surface area contributed by atoms with Gasteiger partial charge in [-0.3, -0.25) is 4.79 Å². The summed E-state index contributed by atoms with van der Waals surface area (Å²) in [6.45, 7) is 9.99. The molecule has 0 aliphatic heterocycles. The third kappa shape index (κ3) is 7.25. The molecule has 0 heterocycles. The van der Waals surface area contributed by atoms with Crippen molar-refractivity contribution < 1.29 is 19.3 Å². The van der Waals surface area contributed by atoms with Crippen molar-refractivity contribution in [1.82, 2.24) is 0 Å². The van der Waals surface area contributed by atoms with Crippen LogP contribution in [0, 0.1) is 6.92 Å². The third-order valence-corrected chi connectivity index (χ3v) is 2.78. The van der Waals surface area contributed by atoms with Crippen LogP contribution in [0.4, 0.5) is 0 Å². The van der Waals surface area contributed by atoms with Crippen molar-refractivity contribution in [3.05, 3.63) is 35.4 Å². The summed E-state index contributed by atoms with van der Waals surface area (Å²) < 4.78 is 4.96. The lowest BCUT2D eigenvalue weighted by atomic mass is 10.0. The number of ether oxygens (including phenoxy) is 1. The number of carbonyl (C=O) groups is 1. The molecular formula is C17H26O4. The van der Waals surface area contributed by atoms with Gasteiger partial charge < -0.3 is 4.74 Å². The smallest absolute Gasteiger partial charge is 0.305 e. The zero-order chi connectivity index (χ0) is 15.9. The minimum absolute atomic E-state index is 0.214. The van der Waals surface area contributed by atoms with Crippen molar-refractivity contribution in [1.29, 1.82) is 0 Å². The maximum atomic E-state index is 11.5. The normalized spacial score (nSPS) is 13.0. The molecule has 0 bridgehead atoms. The molecule has 0 aliphatic rings. The predicted octanol–water partition coefficient (Wildman–Crippen LogP) is 4.13. The molecule has 21 heavy (non-hydrogen) atoms. The molecule has 1 aromatic carbocycles. The van der Waals surface area contributed by atoms with Gasteiger partial charge in [0.25, 0.3) is 0 Å². The highest BCUT2D eigenvalue weighted by molar-refractivity contribution is 5.69. The Kier molecular flexibility index (Phi) is 6.85. The number of rotatable bonds is 7. The Bertz CT molecular complexity index is 431. The number of hydrogen-bond donors (Lipinski definition) is 0. The second kappa shape index (κ2) is 8.15. The molecule has 0 aromatic heterocycles. The highest BCUT2D eigenvalue weighted by Gasteiger charge is 2.20. The maximum absolute atomic E-state index is 11.5. The second-order valence-electron chi connectivity index (χ2n) is 6.03. The first kappa shape index (κ1) is 17.7. The standard InChI is InChI=1S/C17H26O4/c1-6-19-16(18)12-11-15(20-21-17(3,4)5)14-9-7-13(2)8-10-14/h7-10,15H,6,11-12H2,1-5H3. The molecule has 1 unspecified atom stereocenters. The van der Waals surface area contributed by atoms with Crippen molar-refractivity contribution in [2.45, 2.75) is 59.2 Å². The average Bonchev–Trinajstić information content (AvgIpc) is 2.39. The Morgan fingerprint density at radius 3 is 2.33 bits per heavy atom. The number of esters is 1. The zero-order valence-electron chi connectivity index (χ0n) is 13.6. The molecule has 0 aliphatic carbocycles. The number of hydrogen-bond acceptors (Lipinski definition) is 4. The van der Waals surface area contributed by atoms with Gasteiger partial charge in [-0.1, -0.05) is 29.8 Å². The molecule has 1 atom stereocenters. The minimum atomic E-state index is -0.396. The van der Waals surface area contributed by atoms with Crippen LogP contribution in [0.15, 0.2) is 24.3 Å². The first-order valence-electron chi connectivity index (χ1n) is 7.38. The Labute approximate surface area is 127 Å². The van der Waals surface area contributed by atoms with Crippen LogP contribution in [0.25, 0.3) is 0 Å². The van der Waals surface area contributed by atoms with Gasteiger partial charge >= 0.3 is 5.97 Å². The van der Waals surface area contributed by atoms with E-state index in [0.29, 0.717) is 19.4 Å². The van der Waals surface area contributed by atoms with Gasteiger partial charge in [0, 0.05) is 6.42 Å². The van der Waals surface area contributed by atoms with Crippen molar-refractivity contribution in [3.8, 4) is 0 Å². The largest absolute Gasteiger partial charge is 0.466 e. The van der Waals surface area contributed by atoms with Gasteiger partial charge in [-0.15, -0.1) is 0 Å². The summed E-state index contributed by atoms with van der Waals surface area (Å²) in [6, 6.07) is 8.04. The Morgan fingerprint density at radius 2 is 1.81 bits per heavy atom. The first-order chi connectivity index (χ1) is 9.81. The Morgan fingerprint density at radius 1 is 1.19 bits per heavy atom. The van der Waals surface area contributed by atoms with Crippen LogP contribution in [0.5, 0.6) is 0 Å². The summed E-state index contributed by atoms with van der Waals surface area (Å²) >= 11 is 0. The molecule has 0 saturated heterocycles. The number of carbonyl (C=O) groups excluding carboxylic acids is 1. The molecule has 0 radical (unpaired) electrons. The monoisotopic (exact) mass is 294 g/mol. The molecule has 1 aromatic rings. The van der Waals surface area contributed by atoms with Crippen molar-refractivity contribution in [2.24, 2.45) is 0 Å². The average molecular weight is 294 g/mol. The van der Waals surface area contributed by atoms with E-state index in [1.165, 1.54) is 5.56 Å². The van der Waals surface area contributed by atoms with E-state index in [4.69, 9.17) is 14.5 Å². The minimum Gasteiger partial charge on any atom is -0.466 e. The topological polar surface area (TPSA) is 44.8 Å². The summed E-state index contributed by atoms with van der Waals surface area (Å²) in [5.41, 5.74) is 1.78. The lowest BCUT2D eigenvalue weighted by Crippen LogP contribution is -2.21. The van der Waals surface area contributed by atoms with E-state index < -0.39 is 5.60 Å². The lowest BCUT2D eigenvalue weighted by Gasteiger charge is -2.23. The quantitative estimate of drug-likeness (QED) is 0.431. The first-order valence-corrected chi connectivity index (χ1v) is 7.38. The van der Waals surface area contributed by atoms with E-state index >= 15 is 0 Å². The highest BCUT2D eigenvalue weighted by Crippen LogP contribution is 2.26. The molecule has 0 amide bonds. The molecule has 0 saturated carbocycles. The van der Waals surface area contributed by atoms with E-state index in [-0.39, 0.29) is 12.1 Å². The summed E-state index contributed by atoms with van der Waals surface area (Å²) in [4.78, 5) is 22.5. The van der Waals surface area contributed by atoms with E-state index in [2.05, 4.69) is 0 Å². The van der Waals surface area contributed by atoms with E-state index in [0.717, 1.165) is 5.56 Å². The molecule has 4 heteroatoms. The number of benzene rings is 1. The van der Waals surface area contributed by atoms with Gasteiger partial charge in [-0.25, -0.2) is 9.78 Å². The van der Waals surface area contributed by atoms with Crippen LogP contribution < -0.4 is 0 Å². The van der Waals surface area contributed by atoms with E-state index in [1.54, 1.807) is 6.92 Å². The fraction of sp³-hybridized carbons (Fsp3) is 0.588. The Hall–Kier alpha value is -1.39. The highest BCUT2D eigenvalue weighted by atomic mass is 17.2. The second-order valence-corrected chi connectivity index (χ2v) is 6.03. The third-order valence-electron chi connectivity index (χ3n) is 2.78. The molecule has 0 spiro atoms. The molecule has 118 valence electrons. The van der Waals surface area contributed by atoms with Crippen LogP contribution in [0.3, 0.4) is 0 Å². The molecule has 1 rings (SSSR count). The summed E-state index contributed by atoms with van der Waals surface area (Å²) in [5.74, 6) is -0.214. The van der Waals surface area contributed by atoms with Gasteiger partial charge in [0.1, 0.15) is 6.10 Å². The van der Waals surface area contributed by atoms with Crippen molar-refractivity contribution in [2.75, 3.05) is 6.61 Å². The van der Waals surface area contributed by atoms with Crippen LogP contribution in [-0.2, 0) is 19.3 Å².